The molecule has 2 aromatic rings. The second-order valence-electron chi connectivity index (χ2n) is 4.83. The van der Waals surface area contributed by atoms with Crippen LogP contribution < -0.4 is 4.74 Å². The van der Waals surface area contributed by atoms with Gasteiger partial charge in [-0.1, -0.05) is 18.2 Å². The van der Waals surface area contributed by atoms with Crippen LogP contribution in [-0.4, -0.2) is 17.7 Å². The van der Waals surface area contributed by atoms with Crippen LogP contribution in [0.1, 0.15) is 23.6 Å². The molecule has 0 radical (unpaired) electrons. The van der Waals surface area contributed by atoms with Crippen LogP contribution in [0.5, 0.6) is 5.75 Å². The van der Waals surface area contributed by atoms with Gasteiger partial charge in [0.1, 0.15) is 11.6 Å². The molecule has 0 aliphatic carbocycles. The van der Waals surface area contributed by atoms with Crippen LogP contribution in [0.2, 0.25) is 0 Å². The monoisotopic (exact) mass is 300 g/mol. The third kappa shape index (κ3) is 3.73. The van der Waals surface area contributed by atoms with Crippen molar-refractivity contribution < 1.29 is 19.0 Å². The minimum Gasteiger partial charge on any atom is -0.494 e. The highest BCUT2D eigenvalue weighted by Crippen LogP contribution is 2.25. The van der Waals surface area contributed by atoms with E-state index >= 15 is 0 Å². The van der Waals surface area contributed by atoms with E-state index in [1.807, 2.05) is 13.8 Å². The summed E-state index contributed by atoms with van der Waals surface area (Å²) in [4.78, 5) is 11.5. The van der Waals surface area contributed by atoms with Gasteiger partial charge in [0.15, 0.2) is 0 Å². The van der Waals surface area contributed by atoms with Crippen LogP contribution in [0.3, 0.4) is 0 Å². The summed E-state index contributed by atoms with van der Waals surface area (Å²) < 4.78 is 18.7. The Morgan fingerprint density at radius 1 is 1.27 bits per heavy atom. The molecule has 0 saturated carbocycles. The van der Waals surface area contributed by atoms with Gasteiger partial charge in [-0.05, 0) is 60.9 Å². The maximum absolute atomic E-state index is 13.2. The first-order valence-corrected chi connectivity index (χ1v) is 6.95. The first-order valence-electron chi connectivity index (χ1n) is 6.95. The van der Waals surface area contributed by atoms with Crippen molar-refractivity contribution in [2.24, 2.45) is 0 Å². The maximum Gasteiger partial charge on any atom is 0.336 e. The Hall–Kier alpha value is -2.62. The summed E-state index contributed by atoms with van der Waals surface area (Å²) in [7, 11) is 0. The molecule has 4 heteroatoms. The fraction of sp³-hybridized carbons (Fsp3) is 0.167. The summed E-state index contributed by atoms with van der Waals surface area (Å²) in [6.45, 7) is 4.29. The summed E-state index contributed by atoms with van der Waals surface area (Å²) in [5.41, 5.74) is 2.02. The summed E-state index contributed by atoms with van der Waals surface area (Å²) in [5.74, 6) is -0.740. The number of carboxylic acid groups (broad SMARTS) is 1. The smallest absolute Gasteiger partial charge is 0.336 e. The van der Waals surface area contributed by atoms with Gasteiger partial charge in [-0.25, -0.2) is 9.18 Å². The Labute approximate surface area is 128 Å². The van der Waals surface area contributed by atoms with Gasteiger partial charge in [-0.2, -0.15) is 0 Å². The van der Waals surface area contributed by atoms with Crippen molar-refractivity contribution >= 4 is 17.6 Å². The molecule has 0 amide bonds. The zero-order valence-electron chi connectivity index (χ0n) is 12.5. The Kier molecular flexibility index (Phi) is 4.94. The van der Waals surface area contributed by atoms with Crippen LogP contribution >= 0.6 is 0 Å². The summed E-state index contributed by atoms with van der Waals surface area (Å²) in [6, 6.07) is 11.0. The van der Waals surface area contributed by atoms with E-state index in [0.29, 0.717) is 17.7 Å². The first kappa shape index (κ1) is 15.8. The molecule has 1 N–H and O–H groups in total. The van der Waals surface area contributed by atoms with Gasteiger partial charge in [-0.15, -0.1) is 0 Å². The van der Waals surface area contributed by atoms with Crippen LogP contribution in [0.4, 0.5) is 4.39 Å². The molecular weight excluding hydrogens is 283 g/mol. The lowest BCUT2D eigenvalue weighted by molar-refractivity contribution is -0.130. The van der Waals surface area contributed by atoms with Crippen LogP contribution in [0.15, 0.2) is 42.5 Å². The van der Waals surface area contributed by atoms with E-state index in [-0.39, 0.29) is 5.57 Å². The van der Waals surface area contributed by atoms with E-state index in [4.69, 9.17) is 4.74 Å². The SMILES string of the molecule is CCOc1ccc(/C(=C/c2cccc(F)c2)C(=O)O)cc1C. The minimum atomic E-state index is -1.06. The van der Waals surface area contributed by atoms with Crippen molar-refractivity contribution in [2.45, 2.75) is 13.8 Å². The Balaban J connectivity index is 2.44. The molecule has 0 atom stereocenters. The Morgan fingerprint density at radius 2 is 2.05 bits per heavy atom. The fourth-order valence-corrected chi connectivity index (χ4v) is 2.17. The predicted octanol–water partition coefficient (Wildman–Crippen LogP) is 4.16. The molecule has 2 aromatic carbocycles. The van der Waals surface area contributed by atoms with Crippen molar-refractivity contribution in [3.8, 4) is 5.75 Å². The normalized spacial score (nSPS) is 11.3. The van der Waals surface area contributed by atoms with E-state index in [9.17, 15) is 14.3 Å². The highest BCUT2D eigenvalue weighted by molar-refractivity contribution is 6.20. The molecule has 0 aromatic heterocycles. The second-order valence-corrected chi connectivity index (χ2v) is 4.83. The molecule has 2 rings (SSSR count). The number of rotatable bonds is 5. The van der Waals surface area contributed by atoms with E-state index in [0.717, 1.165) is 11.3 Å². The van der Waals surface area contributed by atoms with Gasteiger partial charge in [0.25, 0.3) is 0 Å². The van der Waals surface area contributed by atoms with Gasteiger partial charge in [-0.3, -0.25) is 0 Å². The molecule has 22 heavy (non-hydrogen) atoms. The molecule has 114 valence electrons. The molecule has 0 unspecified atom stereocenters. The number of benzene rings is 2. The molecule has 0 bridgehead atoms. The number of carbonyl (C=O) groups is 1. The lowest BCUT2D eigenvalue weighted by Gasteiger charge is -2.10. The number of ether oxygens (including phenoxy) is 1. The van der Waals surface area contributed by atoms with Gasteiger partial charge < -0.3 is 9.84 Å². The molecule has 0 fully saturated rings. The van der Waals surface area contributed by atoms with Crippen molar-refractivity contribution in [3.05, 3.63) is 65.0 Å². The third-order valence-electron chi connectivity index (χ3n) is 3.18. The topological polar surface area (TPSA) is 46.5 Å². The van der Waals surface area contributed by atoms with Crippen molar-refractivity contribution in [1.29, 1.82) is 0 Å². The molecule has 0 aliphatic heterocycles. The fourth-order valence-electron chi connectivity index (χ4n) is 2.17. The number of hydrogen-bond donors (Lipinski definition) is 1. The standard InChI is InChI=1S/C18H17FO3/c1-3-22-17-8-7-14(9-12(17)2)16(18(20)21)11-13-5-4-6-15(19)10-13/h4-11H,3H2,1-2H3,(H,20,21)/b16-11-. The zero-order chi connectivity index (χ0) is 16.1. The third-order valence-corrected chi connectivity index (χ3v) is 3.18. The van der Waals surface area contributed by atoms with Gasteiger partial charge in [0.05, 0.1) is 12.2 Å². The van der Waals surface area contributed by atoms with Gasteiger partial charge in [0, 0.05) is 0 Å². The molecule has 0 saturated heterocycles. The molecule has 0 aliphatic rings. The molecule has 0 heterocycles. The number of aliphatic carboxylic acids is 1. The van der Waals surface area contributed by atoms with Crippen LogP contribution in [-0.2, 0) is 4.79 Å². The lowest BCUT2D eigenvalue weighted by Crippen LogP contribution is -2.01. The average molecular weight is 300 g/mol. The van der Waals surface area contributed by atoms with E-state index in [1.165, 1.54) is 18.2 Å². The number of carboxylic acids is 1. The van der Waals surface area contributed by atoms with Crippen molar-refractivity contribution in [3.63, 3.8) is 0 Å². The summed E-state index contributed by atoms with van der Waals surface area (Å²) >= 11 is 0. The zero-order valence-corrected chi connectivity index (χ0v) is 12.5. The highest BCUT2D eigenvalue weighted by Gasteiger charge is 2.12. The number of aryl methyl sites for hydroxylation is 1. The molecular formula is C18H17FO3. The molecule has 3 nitrogen and oxygen atoms in total. The largest absolute Gasteiger partial charge is 0.494 e. The number of hydrogen-bond acceptors (Lipinski definition) is 2. The second kappa shape index (κ2) is 6.89. The summed E-state index contributed by atoms with van der Waals surface area (Å²) in [5, 5.41) is 9.43. The van der Waals surface area contributed by atoms with Crippen molar-refractivity contribution in [1.82, 2.24) is 0 Å². The predicted molar refractivity (Wildman–Crippen MR) is 84.3 cm³/mol. The van der Waals surface area contributed by atoms with E-state index in [1.54, 1.807) is 30.3 Å². The Bertz CT molecular complexity index is 720. The Morgan fingerprint density at radius 3 is 2.64 bits per heavy atom. The number of halogens is 1. The molecule has 0 spiro atoms. The van der Waals surface area contributed by atoms with Gasteiger partial charge in [0.2, 0.25) is 0 Å². The van der Waals surface area contributed by atoms with Gasteiger partial charge >= 0.3 is 5.97 Å². The first-order chi connectivity index (χ1) is 10.5. The lowest BCUT2D eigenvalue weighted by atomic mass is 10.0. The highest BCUT2D eigenvalue weighted by atomic mass is 19.1. The van der Waals surface area contributed by atoms with E-state index < -0.39 is 11.8 Å². The van der Waals surface area contributed by atoms with Crippen molar-refractivity contribution in [2.75, 3.05) is 6.61 Å². The average Bonchev–Trinajstić information content (AvgIpc) is 2.47. The maximum atomic E-state index is 13.2. The van der Waals surface area contributed by atoms with Crippen LogP contribution in [0.25, 0.3) is 11.6 Å². The minimum absolute atomic E-state index is 0.108. The van der Waals surface area contributed by atoms with E-state index in [2.05, 4.69) is 0 Å². The quantitative estimate of drug-likeness (QED) is 0.666. The summed E-state index contributed by atoms with van der Waals surface area (Å²) in [6.07, 6.45) is 1.46. The van der Waals surface area contributed by atoms with Crippen LogP contribution in [0, 0.1) is 12.7 Å².